The highest BCUT2D eigenvalue weighted by Crippen LogP contribution is 2.25. The molecular formula is C14H11N3O2. The Balaban J connectivity index is 2.21. The van der Waals surface area contributed by atoms with Gasteiger partial charge in [0.1, 0.15) is 6.33 Å². The summed E-state index contributed by atoms with van der Waals surface area (Å²) in [5, 5.41) is 10.1. The van der Waals surface area contributed by atoms with Crippen LogP contribution in [0.5, 0.6) is 0 Å². The molecule has 2 heterocycles. The summed E-state index contributed by atoms with van der Waals surface area (Å²) in [5.41, 5.74) is 2.54. The maximum atomic E-state index is 10.9. The number of carboxylic acids is 1. The largest absolute Gasteiger partial charge is 0.477 e. The van der Waals surface area contributed by atoms with Crippen LogP contribution >= 0.6 is 0 Å². The van der Waals surface area contributed by atoms with Crippen LogP contribution in [-0.4, -0.2) is 25.6 Å². The average molecular weight is 253 g/mol. The Hall–Kier alpha value is -2.69. The molecule has 0 spiro atoms. The van der Waals surface area contributed by atoms with E-state index in [4.69, 9.17) is 5.11 Å². The van der Waals surface area contributed by atoms with Crippen LogP contribution in [0.4, 0.5) is 0 Å². The number of hydrogen-bond donors (Lipinski definition) is 1. The second-order valence-electron chi connectivity index (χ2n) is 4.24. The van der Waals surface area contributed by atoms with Crippen molar-refractivity contribution in [2.75, 3.05) is 0 Å². The van der Waals surface area contributed by atoms with Crippen molar-refractivity contribution in [1.29, 1.82) is 0 Å². The summed E-state index contributed by atoms with van der Waals surface area (Å²) in [6.45, 7) is 0. The van der Waals surface area contributed by atoms with Gasteiger partial charge in [0.25, 0.3) is 0 Å². The number of fused-ring (bicyclic) bond motifs is 1. The van der Waals surface area contributed by atoms with Crippen molar-refractivity contribution in [3.05, 3.63) is 48.4 Å². The lowest BCUT2D eigenvalue weighted by Crippen LogP contribution is -2.02. The van der Waals surface area contributed by atoms with E-state index in [1.165, 1.54) is 12.4 Å². The highest BCUT2D eigenvalue weighted by Gasteiger charge is 2.11. The summed E-state index contributed by atoms with van der Waals surface area (Å²) in [4.78, 5) is 18.8. The zero-order valence-electron chi connectivity index (χ0n) is 10.2. The van der Waals surface area contributed by atoms with Crippen molar-refractivity contribution in [3.8, 4) is 11.4 Å². The fraction of sp³-hybridized carbons (Fsp3) is 0.0714. The molecule has 0 unspecified atom stereocenters. The first kappa shape index (κ1) is 11.4. The molecule has 1 N–H and O–H groups in total. The Kier molecular flexibility index (Phi) is 2.52. The van der Waals surface area contributed by atoms with Gasteiger partial charge in [0, 0.05) is 18.0 Å². The molecule has 5 heteroatoms. The second kappa shape index (κ2) is 4.20. The number of para-hydroxylation sites is 1. The van der Waals surface area contributed by atoms with Gasteiger partial charge in [-0.1, -0.05) is 18.2 Å². The summed E-state index contributed by atoms with van der Waals surface area (Å²) in [5.74, 6) is -1.05. The number of carboxylic acid groups (broad SMARTS) is 1. The number of rotatable bonds is 2. The van der Waals surface area contributed by atoms with Crippen LogP contribution in [0.3, 0.4) is 0 Å². The predicted molar refractivity (Wildman–Crippen MR) is 70.9 cm³/mol. The standard InChI is InChI=1S/C14H11N3O2/c1-17-12-5-3-2-4-9(12)6-13(17)10-7-11(14(18)19)16-8-15-10/h2-8H,1H3,(H,18,19). The third-order valence-corrected chi connectivity index (χ3v) is 3.10. The third kappa shape index (κ3) is 1.85. The summed E-state index contributed by atoms with van der Waals surface area (Å²) < 4.78 is 1.99. The fourth-order valence-electron chi connectivity index (χ4n) is 2.15. The van der Waals surface area contributed by atoms with E-state index in [0.29, 0.717) is 5.69 Å². The molecule has 0 aliphatic rings. The molecule has 0 aliphatic carbocycles. The third-order valence-electron chi connectivity index (χ3n) is 3.10. The minimum Gasteiger partial charge on any atom is -0.477 e. The summed E-state index contributed by atoms with van der Waals surface area (Å²) >= 11 is 0. The van der Waals surface area contributed by atoms with E-state index in [1.807, 2.05) is 41.9 Å². The topological polar surface area (TPSA) is 68.0 Å². The summed E-state index contributed by atoms with van der Waals surface area (Å²) in [7, 11) is 1.93. The minimum atomic E-state index is -1.05. The number of carbonyl (C=O) groups is 1. The Bertz CT molecular complexity index is 777. The first-order valence-corrected chi connectivity index (χ1v) is 5.77. The van der Waals surface area contributed by atoms with Gasteiger partial charge in [-0.05, 0) is 18.2 Å². The monoisotopic (exact) mass is 253 g/mol. The van der Waals surface area contributed by atoms with Gasteiger partial charge >= 0.3 is 5.97 Å². The SMILES string of the molecule is Cn1c(-c2cc(C(=O)O)ncn2)cc2ccccc21. The molecule has 0 aliphatic heterocycles. The maximum absolute atomic E-state index is 10.9. The van der Waals surface area contributed by atoms with Crippen molar-refractivity contribution in [1.82, 2.24) is 14.5 Å². The van der Waals surface area contributed by atoms with Gasteiger partial charge in [-0.25, -0.2) is 14.8 Å². The van der Waals surface area contributed by atoms with E-state index in [9.17, 15) is 4.79 Å². The van der Waals surface area contributed by atoms with Gasteiger partial charge in [0.15, 0.2) is 5.69 Å². The molecule has 0 radical (unpaired) electrons. The van der Waals surface area contributed by atoms with Crippen LogP contribution in [0.2, 0.25) is 0 Å². The van der Waals surface area contributed by atoms with Crippen molar-refractivity contribution in [2.45, 2.75) is 0 Å². The highest BCUT2D eigenvalue weighted by molar-refractivity contribution is 5.89. The molecule has 0 saturated heterocycles. The minimum absolute atomic E-state index is 0.00439. The van der Waals surface area contributed by atoms with Crippen LogP contribution in [0, 0.1) is 0 Å². The molecule has 1 aromatic carbocycles. The number of aromatic nitrogens is 3. The number of aryl methyl sites for hydroxylation is 1. The molecule has 5 nitrogen and oxygen atoms in total. The molecule has 0 bridgehead atoms. The van der Waals surface area contributed by atoms with Crippen LogP contribution in [-0.2, 0) is 7.05 Å². The lowest BCUT2D eigenvalue weighted by molar-refractivity contribution is 0.0690. The lowest BCUT2D eigenvalue weighted by atomic mass is 10.2. The first-order valence-electron chi connectivity index (χ1n) is 5.77. The lowest BCUT2D eigenvalue weighted by Gasteiger charge is -2.03. The van der Waals surface area contributed by atoms with E-state index in [2.05, 4.69) is 9.97 Å². The Morgan fingerprint density at radius 1 is 1.21 bits per heavy atom. The molecule has 0 saturated carbocycles. The van der Waals surface area contributed by atoms with E-state index in [-0.39, 0.29) is 5.69 Å². The smallest absolute Gasteiger partial charge is 0.354 e. The van der Waals surface area contributed by atoms with Gasteiger partial charge < -0.3 is 9.67 Å². The highest BCUT2D eigenvalue weighted by atomic mass is 16.4. The van der Waals surface area contributed by atoms with E-state index >= 15 is 0 Å². The zero-order valence-corrected chi connectivity index (χ0v) is 10.2. The summed E-state index contributed by atoms with van der Waals surface area (Å²) in [6, 6.07) is 11.4. The van der Waals surface area contributed by atoms with E-state index in [1.54, 1.807) is 0 Å². The Morgan fingerprint density at radius 3 is 2.74 bits per heavy atom. The van der Waals surface area contributed by atoms with Crippen LogP contribution in [0.25, 0.3) is 22.3 Å². The van der Waals surface area contributed by atoms with Crippen LogP contribution in [0.15, 0.2) is 42.7 Å². The Labute approximate surface area is 109 Å². The first-order chi connectivity index (χ1) is 9.16. The number of aromatic carboxylic acids is 1. The molecule has 0 fully saturated rings. The van der Waals surface area contributed by atoms with Gasteiger partial charge in [-0.3, -0.25) is 0 Å². The van der Waals surface area contributed by atoms with E-state index in [0.717, 1.165) is 16.6 Å². The van der Waals surface area contributed by atoms with Gasteiger partial charge in [-0.2, -0.15) is 0 Å². The molecule has 3 rings (SSSR count). The molecule has 19 heavy (non-hydrogen) atoms. The summed E-state index contributed by atoms with van der Waals surface area (Å²) in [6.07, 6.45) is 1.27. The molecule has 2 aromatic heterocycles. The van der Waals surface area contributed by atoms with Crippen molar-refractivity contribution >= 4 is 16.9 Å². The zero-order chi connectivity index (χ0) is 13.4. The molecule has 0 atom stereocenters. The van der Waals surface area contributed by atoms with Crippen molar-refractivity contribution < 1.29 is 9.90 Å². The predicted octanol–water partition coefficient (Wildman–Crippen LogP) is 2.33. The van der Waals surface area contributed by atoms with Crippen molar-refractivity contribution in [2.24, 2.45) is 7.05 Å². The molecule has 94 valence electrons. The maximum Gasteiger partial charge on any atom is 0.354 e. The molecule has 3 aromatic rings. The average Bonchev–Trinajstić information content (AvgIpc) is 2.77. The quantitative estimate of drug-likeness (QED) is 0.761. The van der Waals surface area contributed by atoms with Crippen LogP contribution in [0.1, 0.15) is 10.5 Å². The normalized spacial score (nSPS) is 10.8. The molecular weight excluding hydrogens is 242 g/mol. The van der Waals surface area contributed by atoms with Crippen LogP contribution < -0.4 is 0 Å². The second-order valence-corrected chi connectivity index (χ2v) is 4.24. The van der Waals surface area contributed by atoms with Gasteiger partial charge in [-0.15, -0.1) is 0 Å². The number of hydrogen-bond acceptors (Lipinski definition) is 3. The Morgan fingerprint density at radius 2 is 2.00 bits per heavy atom. The van der Waals surface area contributed by atoms with Gasteiger partial charge in [0.2, 0.25) is 0 Å². The van der Waals surface area contributed by atoms with Gasteiger partial charge in [0.05, 0.1) is 11.4 Å². The number of benzene rings is 1. The molecule has 0 amide bonds. The van der Waals surface area contributed by atoms with E-state index < -0.39 is 5.97 Å². The number of nitrogens with zero attached hydrogens (tertiary/aromatic N) is 3. The fourth-order valence-corrected chi connectivity index (χ4v) is 2.15. The van der Waals surface area contributed by atoms with Crippen molar-refractivity contribution in [3.63, 3.8) is 0 Å².